The second-order valence-electron chi connectivity index (χ2n) is 7.42. The molecule has 0 radical (unpaired) electrons. The highest BCUT2D eigenvalue weighted by molar-refractivity contribution is 7.07. The number of benzene rings is 2. The molecule has 8 heteroatoms. The molecule has 1 saturated carbocycles. The lowest BCUT2D eigenvalue weighted by molar-refractivity contribution is -0.384. The molecule has 0 amide bonds. The van der Waals surface area contributed by atoms with Crippen LogP contribution in [-0.4, -0.2) is 21.9 Å². The predicted molar refractivity (Wildman–Crippen MR) is 121 cm³/mol. The van der Waals surface area contributed by atoms with Gasteiger partial charge in [0.1, 0.15) is 0 Å². The molecule has 7 nitrogen and oxygen atoms in total. The minimum atomic E-state index is -0.395. The molecular weight excluding hydrogens is 410 g/mol. The van der Waals surface area contributed by atoms with Crippen LogP contribution in [0.4, 0.5) is 5.69 Å². The van der Waals surface area contributed by atoms with Crippen molar-refractivity contribution < 1.29 is 4.92 Å². The fourth-order valence-corrected chi connectivity index (χ4v) is 4.52. The maximum absolute atomic E-state index is 11.2. The van der Waals surface area contributed by atoms with E-state index in [0.29, 0.717) is 11.1 Å². The number of hydrogen-bond acceptors (Lipinski definition) is 6. The number of rotatable bonds is 5. The molecule has 1 heterocycles. The second-order valence-corrected chi connectivity index (χ2v) is 8.26. The summed E-state index contributed by atoms with van der Waals surface area (Å²) in [6.45, 7) is 0. The normalized spacial score (nSPS) is 15.3. The molecule has 156 valence electrons. The number of nitriles is 1. The van der Waals surface area contributed by atoms with Crippen molar-refractivity contribution in [1.82, 2.24) is 4.68 Å². The van der Waals surface area contributed by atoms with Crippen LogP contribution in [0.3, 0.4) is 0 Å². The van der Waals surface area contributed by atoms with Gasteiger partial charge in [-0.05, 0) is 30.5 Å². The fourth-order valence-electron chi connectivity index (χ4n) is 3.61. The SMILES string of the molecule is N#Cc1ccc(C=Nn2c(-c3cccc([N+](=O)[O-])c3)csc2=NC2CCCCC2)cc1. The van der Waals surface area contributed by atoms with Crippen molar-refractivity contribution in [1.29, 1.82) is 5.26 Å². The van der Waals surface area contributed by atoms with Crippen molar-refractivity contribution in [2.24, 2.45) is 10.1 Å². The summed E-state index contributed by atoms with van der Waals surface area (Å²) in [5, 5.41) is 26.8. The van der Waals surface area contributed by atoms with Gasteiger partial charge in [0.05, 0.1) is 34.5 Å². The molecule has 2 aromatic carbocycles. The monoisotopic (exact) mass is 431 g/mol. The Balaban J connectivity index is 1.77. The fraction of sp³-hybridized carbons (Fsp3) is 0.261. The van der Waals surface area contributed by atoms with E-state index in [1.807, 2.05) is 23.6 Å². The Labute approximate surface area is 183 Å². The first-order valence-corrected chi connectivity index (χ1v) is 11.1. The molecule has 0 spiro atoms. The molecule has 1 aromatic heterocycles. The largest absolute Gasteiger partial charge is 0.270 e. The molecule has 0 bridgehead atoms. The Morgan fingerprint density at radius 3 is 2.65 bits per heavy atom. The summed E-state index contributed by atoms with van der Waals surface area (Å²) >= 11 is 1.49. The number of nitrogens with zero attached hydrogens (tertiary/aromatic N) is 5. The number of non-ortho nitro benzene ring substituents is 1. The molecule has 3 aromatic rings. The number of nitro benzene ring substituents is 1. The van der Waals surface area contributed by atoms with E-state index in [4.69, 9.17) is 10.3 Å². The number of thiazole rings is 1. The van der Waals surface area contributed by atoms with Crippen molar-refractivity contribution >= 4 is 23.2 Å². The second kappa shape index (κ2) is 9.49. The number of hydrogen-bond donors (Lipinski definition) is 0. The Hall–Kier alpha value is -3.57. The van der Waals surface area contributed by atoms with Crippen LogP contribution >= 0.6 is 11.3 Å². The Morgan fingerprint density at radius 1 is 1.16 bits per heavy atom. The van der Waals surface area contributed by atoms with Crippen LogP contribution in [0, 0.1) is 21.4 Å². The first kappa shape index (κ1) is 20.7. The third-order valence-corrected chi connectivity index (χ3v) is 6.10. The Kier molecular flexibility index (Phi) is 6.34. The highest BCUT2D eigenvalue weighted by Crippen LogP contribution is 2.25. The summed E-state index contributed by atoms with van der Waals surface area (Å²) in [4.78, 5) is 16.6. The van der Waals surface area contributed by atoms with Gasteiger partial charge < -0.3 is 0 Å². The van der Waals surface area contributed by atoms with Crippen LogP contribution in [0.2, 0.25) is 0 Å². The van der Waals surface area contributed by atoms with Crippen LogP contribution in [0.5, 0.6) is 0 Å². The lowest BCUT2D eigenvalue weighted by Crippen LogP contribution is -2.19. The smallest absolute Gasteiger partial charge is 0.258 e. The maximum atomic E-state index is 11.2. The first-order valence-electron chi connectivity index (χ1n) is 10.2. The molecule has 0 unspecified atom stereocenters. The van der Waals surface area contributed by atoms with E-state index in [9.17, 15) is 10.1 Å². The quantitative estimate of drug-likeness (QED) is 0.319. The van der Waals surface area contributed by atoms with Gasteiger partial charge in [-0.25, -0.2) is 4.68 Å². The van der Waals surface area contributed by atoms with E-state index in [0.717, 1.165) is 28.9 Å². The summed E-state index contributed by atoms with van der Waals surface area (Å²) in [7, 11) is 0. The predicted octanol–water partition coefficient (Wildman–Crippen LogP) is 5.11. The van der Waals surface area contributed by atoms with Gasteiger partial charge in [0.2, 0.25) is 4.80 Å². The van der Waals surface area contributed by atoms with Crippen molar-refractivity contribution in [2.75, 3.05) is 0 Å². The van der Waals surface area contributed by atoms with E-state index in [1.54, 1.807) is 35.2 Å². The van der Waals surface area contributed by atoms with E-state index in [1.165, 1.54) is 36.7 Å². The van der Waals surface area contributed by atoms with E-state index >= 15 is 0 Å². The van der Waals surface area contributed by atoms with Crippen LogP contribution < -0.4 is 4.80 Å². The third-order valence-electron chi connectivity index (χ3n) is 5.27. The lowest BCUT2D eigenvalue weighted by atomic mass is 9.96. The van der Waals surface area contributed by atoms with E-state index in [2.05, 4.69) is 11.2 Å². The van der Waals surface area contributed by atoms with E-state index in [-0.39, 0.29) is 11.7 Å². The zero-order valence-electron chi connectivity index (χ0n) is 16.8. The lowest BCUT2D eigenvalue weighted by Gasteiger charge is -2.16. The van der Waals surface area contributed by atoms with Gasteiger partial charge in [-0.2, -0.15) is 10.4 Å². The highest BCUT2D eigenvalue weighted by Gasteiger charge is 2.15. The minimum Gasteiger partial charge on any atom is -0.258 e. The van der Waals surface area contributed by atoms with Crippen LogP contribution in [0.25, 0.3) is 11.3 Å². The van der Waals surface area contributed by atoms with Crippen molar-refractivity contribution in [3.05, 3.63) is 80.0 Å². The van der Waals surface area contributed by atoms with Crippen molar-refractivity contribution in [3.8, 4) is 17.3 Å². The minimum absolute atomic E-state index is 0.0390. The van der Waals surface area contributed by atoms with Gasteiger partial charge in [0.15, 0.2) is 0 Å². The molecule has 0 N–H and O–H groups in total. The molecule has 31 heavy (non-hydrogen) atoms. The molecule has 0 saturated heterocycles. The van der Waals surface area contributed by atoms with Gasteiger partial charge in [0.25, 0.3) is 5.69 Å². The third kappa shape index (κ3) is 4.95. The Morgan fingerprint density at radius 2 is 1.94 bits per heavy atom. The molecule has 1 fully saturated rings. The molecule has 4 rings (SSSR count). The topological polar surface area (TPSA) is 96.6 Å². The average molecular weight is 432 g/mol. The van der Waals surface area contributed by atoms with E-state index < -0.39 is 4.92 Å². The van der Waals surface area contributed by atoms with Gasteiger partial charge in [-0.15, -0.1) is 11.3 Å². The molecule has 1 aliphatic rings. The average Bonchev–Trinajstić information content (AvgIpc) is 3.21. The number of aromatic nitrogens is 1. The summed E-state index contributed by atoms with van der Waals surface area (Å²) in [6.07, 6.45) is 7.49. The zero-order valence-corrected chi connectivity index (χ0v) is 17.7. The molecule has 0 aliphatic heterocycles. The summed E-state index contributed by atoms with van der Waals surface area (Å²) in [5.74, 6) is 0. The van der Waals surface area contributed by atoms with Gasteiger partial charge >= 0.3 is 0 Å². The van der Waals surface area contributed by atoms with Gasteiger partial charge in [-0.3, -0.25) is 15.1 Å². The molecule has 1 aliphatic carbocycles. The van der Waals surface area contributed by atoms with Gasteiger partial charge in [0, 0.05) is 23.1 Å². The zero-order chi connectivity index (χ0) is 21.6. The van der Waals surface area contributed by atoms with Crippen LogP contribution in [0.1, 0.15) is 43.2 Å². The van der Waals surface area contributed by atoms with Crippen LogP contribution in [-0.2, 0) is 0 Å². The first-order chi connectivity index (χ1) is 15.1. The van der Waals surface area contributed by atoms with Crippen molar-refractivity contribution in [2.45, 2.75) is 38.1 Å². The standard InChI is InChI=1S/C23H21N5O2S/c24-14-17-9-11-18(12-10-17)15-25-27-22(19-5-4-8-21(13-19)28(29)30)16-31-23(27)26-20-6-2-1-3-7-20/h4-5,8-13,15-16,20H,1-3,6-7H2. The summed E-state index contributed by atoms with van der Waals surface area (Å²) < 4.78 is 1.76. The highest BCUT2D eigenvalue weighted by atomic mass is 32.1. The Bertz CT molecular complexity index is 1210. The van der Waals surface area contributed by atoms with Crippen molar-refractivity contribution in [3.63, 3.8) is 0 Å². The molecule has 0 atom stereocenters. The number of nitro groups is 1. The maximum Gasteiger partial charge on any atom is 0.270 e. The summed E-state index contributed by atoms with van der Waals surface area (Å²) in [6, 6.07) is 16.1. The summed E-state index contributed by atoms with van der Waals surface area (Å²) in [5.41, 5.74) is 2.95. The van der Waals surface area contributed by atoms with Gasteiger partial charge in [-0.1, -0.05) is 43.5 Å². The van der Waals surface area contributed by atoms with Crippen LogP contribution in [0.15, 0.2) is 64.0 Å². The molecular formula is C23H21N5O2S.